The number of aryl methyl sites for hydroxylation is 2. The Morgan fingerprint density at radius 1 is 1.33 bits per heavy atom. The molecule has 0 aromatic carbocycles. The quantitative estimate of drug-likeness (QED) is 0.668. The lowest BCUT2D eigenvalue weighted by Gasteiger charge is -2.00. The van der Waals surface area contributed by atoms with Crippen molar-refractivity contribution in [1.29, 1.82) is 0 Å². The van der Waals surface area contributed by atoms with Gasteiger partial charge in [-0.3, -0.25) is 0 Å². The minimum atomic E-state index is -1.10. The van der Waals surface area contributed by atoms with Crippen molar-refractivity contribution in [3.05, 3.63) is 35.0 Å². The van der Waals surface area contributed by atoms with Crippen molar-refractivity contribution >= 4 is 17.7 Å². The first-order valence-electron chi connectivity index (χ1n) is 5.18. The highest BCUT2D eigenvalue weighted by atomic mass is 32.2. The van der Waals surface area contributed by atoms with Crippen LogP contribution >= 0.6 is 11.8 Å². The number of carboxylic acid groups (broad SMARTS) is 1. The molecule has 2 rings (SSSR count). The SMILES string of the molecule is Cc1cc(C)nc(SCc2cc(C(=O)O)no2)n1. The molecule has 0 saturated heterocycles. The highest BCUT2D eigenvalue weighted by molar-refractivity contribution is 7.98. The number of thioether (sulfide) groups is 1. The molecule has 0 aliphatic heterocycles. The molecule has 7 heteroatoms. The van der Waals surface area contributed by atoms with Crippen LogP contribution in [-0.4, -0.2) is 26.2 Å². The third-order valence-electron chi connectivity index (χ3n) is 2.08. The number of hydrogen-bond acceptors (Lipinski definition) is 6. The Labute approximate surface area is 107 Å². The fraction of sp³-hybridized carbons (Fsp3) is 0.273. The van der Waals surface area contributed by atoms with E-state index in [1.807, 2.05) is 19.9 Å². The summed E-state index contributed by atoms with van der Waals surface area (Å²) in [5, 5.41) is 12.8. The number of hydrogen-bond donors (Lipinski definition) is 1. The van der Waals surface area contributed by atoms with Crippen LogP contribution in [0.5, 0.6) is 0 Å². The van der Waals surface area contributed by atoms with E-state index in [2.05, 4.69) is 15.1 Å². The van der Waals surface area contributed by atoms with Crippen LogP contribution in [0.25, 0.3) is 0 Å². The Balaban J connectivity index is 2.04. The van der Waals surface area contributed by atoms with Crippen LogP contribution in [0.1, 0.15) is 27.6 Å². The van der Waals surface area contributed by atoms with Gasteiger partial charge in [0.05, 0.1) is 5.75 Å². The topological polar surface area (TPSA) is 89.1 Å². The van der Waals surface area contributed by atoms with Gasteiger partial charge < -0.3 is 9.63 Å². The van der Waals surface area contributed by atoms with Crippen LogP contribution in [0.4, 0.5) is 0 Å². The third-order valence-corrected chi connectivity index (χ3v) is 2.95. The van der Waals surface area contributed by atoms with E-state index in [-0.39, 0.29) is 5.69 Å². The second-order valence-electron chi connectivity index (χ2n) is 3.71. The van der Waals surface area contributed by atoms with Crippen molar-refractivity contribution < 1.29 is 14.4 Å². The molecular formula is C11H11N3O3S. The largest absolute Gasteiger partial charge is 0.476 e. The lowest BCUT2D eigenvalue weighted by molar-refractivity contribution is 0.0685. The monoisotopic (exact) mass is 265 g/mol. The summed E-state index contributed by atoms with van der Waals surface area (Å²) in [6.45, 7) is 3.80. The number of carboxylic acids is 1. The molecule has 0 bridgehead atoms. The summed E-state index contributed by atoms with van der Waals surface area (Å²) in [6.07, 6.45) is 0. The molecule has 94 valence electrons. The van der Waals surface area contributed by atoms with E-state index in [1.165, 1.54) is 17.8 Å². The van der Waals surface area contributed by atoms with Gasteiger partial charge in [-0.25, -0.2) is 14.8 Å². The fourth-order valence-corrected chi connectivity index (χ4v) is 2.20. The van der Waals surface area contributed by atoms with Gasteiger partial charge in [0, 0.05) is 17.5 Å². The second-order valence-corrected chi connectivity index (χ2v) is 4.65. The lowest BCUT2D eigenvalue weighted by Crippen LogP contribution is -1.94. The molecule has 0 fully saturated rings. The zero-order valence-corrected chi connectivity index (χ0v) is 10.7. The number of rotatable bonds is 4. The molecule has 2 aromatic heterocycles. The summed E-state index contributed by atoms with van der Waals surface area (Å²) in [6, 6.07) is 3.29. The summed E-state index contributed by atoms with van der Waals surface area (Å²) in [4.78, 5) is 19.2. The minimum absolute atomic E-state index is 0.0908. The van der Waals surface area contributed by atoms with Gasteiger partial charge in [-0.1, -0.05) is 16.9 Å². The molecule has 0 spiro atoms. The average molecular weight is 265 g/mol. The highest BCUT2D eigenvalue weighted by Gasteiger charge is 2.11. The number of carbonyl (C=O) groups is 1. The lowest BCUT2D eigenvalue weighted by atomic mass is 10.4. The van der Waals surface area contributed by atoms with Crippen LogP contribution in [0, 0.1) is 13.8 Å². The van der Waals surface area contributed by atoms with Crippen molar-refractivity contribution in [2.24, 2.45) is 0 Å². The van der Waals surface area contributed by atoms with E-state index >= 15 is 0 Å². The Morgan fingerprint density at radius 3 is 2.56 bits per heavy atom. The minimum Gasteiger partial charge on any atom is -0.476 e. The summed E-state index contributed by atoms with van der Waals surface area (Å²) >= 11 is 1.38. The van der Waals surface area contributed by atoms with Gasteiger partial charge in [0.2, 0.25) is 0 Å². The van der Waals surface area contributed by atoms with Crippen LogP contribution < -0.4 is 0 Å². The van der Waals surface area contributed by atoms with Crippen molar-refractivity contribution in [1.82, 2.24) is 15.1 Å². The average Bonchev–Trinajstić information content (AvgIpc) is 2.73. The maximum atomic E-state index is 10.6. The molecular weight excluding hydrogens is 254 g/mol. The first kappa shape index (κ1) is 12.6. The number of aromatic nitrogens is 3. The third kappa shape index (κ3) is 3.07. The Morgan fingerprint density at radius 2 is 2.00 bits per heavy atom. The standard InChI is InChI=1S/C11H11N3O3S/c1-6-3-7(2)13-11(12-6)18-5-8-4-9(10(15)16)14-17-8/h3-4H,5H2,1-2H3,(H,15,16). The van der Waals surface area contributed by atoms with E-state index in [4.69, 9.17) is 9.63 Å². The number of nitrogens with zero attached hydrogens (tertiary/aromatic N) is 3. The van der Waals surface area contributed by atoms with Gasteiger partial charge in [-0.2, -0.15) is 0 Å². The molecule has 0 amide bonds. The second kappa shape index (κ2) is 5.18. The fourth-order valence-electron chi connectivity index (χ4n) is 1.38. The first-order valence-corrected chi connectivity index (χ1v) is 6.17. The first-order chi connectivity index (χ1) is 8.54. The molecule has 0 saturated carbocycles. The van der Waals surface area contributed by atoms with E-state index in [9.17, 15) is 4.79 Å². The molecule has 18 heavy (non-hydrogen) atoms. The Hall–Kier alpha value is -1.89. The van der Waals surface area contributed by atoms with E-state index < -0.39 is 5.97 Å². The molecule has 0 aliphatic carbocycles. The normalized spacial score (nSPS) is 10.6. The van der Waals surface area contributed by atoms with Gasteiger partial charge >= 0.3 is 5.97 Å². The van der Waals surface area contributed by atoms with Gasteiger partial charge in [0.1, 0.15) is 5.76 Å². The van der Waals surface area contributed by atoms with Crippen LogP contribution in [0.3, 0.4) is 0 Å². The van der Waals surface area contributed by atoms with Crippen molar-refractivity contribution in [2.45, 2.75) is 24.8 Å². The predicted molar refractivity (Wildman–Crippen MR) is 64.5 cm³/mol. The number of aromatic carboxylic acids is 1. The van der Waals surface area contributed by atoms with Crippen molar-refractivity contribution in [3.63, 3.8) is 0 Å². The van der Waals surface area contributed by atoms with E-state index in [0.29, 0.717) is 16.7 Å². The molecule has 2 aromatic rings. The van der Waals surface area contributed by atoms with E-state index in [0.717, 1.165) is 11.4 Å². The summed E-state index contributed by atoms with van der Waals surface area (Å²) in [7, 11) is 0. The van der Waals surface area contributed by atoms with E-state index in [1.54, 1.807) is 0 Å². The summed E-state index contributed by atoms with van der Waals surface area (Å²) in [5.41, 5.74) is 1.70. The van der Waals surface area contributed by atoms with Gasteiger partial charge in [0.15, 0.2) is 10.9 Å². The van der Waals surface area contributed by atoms with Crippen molar-refractivity contribution in [2.75, 3.05) is 0 Å². The Kier molecular flexibility index (Phi) is 3.61. The zero-order chi connectivity index (χ0) is 13.1. The molecule has 0 atom stereocenters. The maximum absolute atomic E-state index is 10.6. The maximum Gasteiger partial charge on any atom is 0.358 e. The Bertz CT molecular complexity index is 562. The summed E-state index contributed by atoms with van der Waals surface area (Å²) < 4.78 is 4.90. The zero-order valence-electron chi connectivity index (χ0n) is 9.88. The van der Waals surface area contributed by atoms with Crippen LogP contribution in [-0.2, 0) is 5.75 Å². The molecule has 0 aliphatic rings. The van der Waals surface area contributed by atoms with Crippen LogP contribution in [0.15, 0.2) is 21.8 Å². The summed E-state index contributed by atoms with van der Waals surface area (Å²) in [5.74, 6) is -0.166. The van der Waals surface area contributed by atoms with Crippen molar-refractivity contribution in [3.8, 4) is 0 Å². The molecule has 0 unspecified atom stereocenters. The molecule has 0 radical (unpaired) electrons. The van der Waals surface area contributed by atoms with Gasteiger partial charge in [-0.15, -0.1) is 0 Å². The molecule has 6 nitrogen and oxygen atoms in total. The molecule has 1 N–H and O–H groups in total. The predicted octanol–water partition coefficient (Wildman–Crippen LogP) is 2.07. The smallest absolute Gasteiger partial charge is 0.358 e. The van der Waals surface area contributed by atoms with Crippen LogP contribution in [0.2, 0.25) is 0 Å². The highest BCUT2D eigenvalue weighted by Crippen LogP contribution is 2.20. The van der Waals surface area contributed by atoms with Gasteiger partial charge in [-0.05, 0) is 19.9 Å². The molecule has 2 heterocycles. The van der Waals surface area contributed by atoms with Gasteiger partial charge in [0.25, 0.3) is 0 Å².